The molecule has 0 fully saturated rings. The van der Waals surface area contributed by atoms with Crippen LogP contribution in [0.5, 0.6) is 0 Å². The zero-order chi connectivity index (χ0) is 65.9. The van der Waals surface area contributed by atoms with Gasteiger partial charge in [0.2, 0.25) is 23.5 Å². The Labute approximate surface area is 533 Å². The molecule has 0 aliphatic rings. The molecule has 0 bridgehead atoms. The summed E-state index contributed by atoms with van der Waals surface area (Å²) in [6.07, 6.45) is 11.1. The van der Waals surface area contributed by atoms with Crippen LogP contribution in [-0.4, -0.2) is 144 Å². The van der Waals surface area contributed by atoms with Gasteiger partial charge in [-0.2, -0.15) is 0 Å². The van der Waals surface area contributed by atoms with Gasteiger partial charge >= 0.3 is 202 Å². The number of aromatic nitrogens is 7. The fourth-order valence-corrected chi connectivity index (χ4v) is 15.6. The molecule has 484 valence electrons. The van der Waals surface area contributed by atoms with Crippen molar-refractivity contribution in [3.8, 4) is 0 Å². The molecule has 0 atom stereocenters. The number of unbranched alkanes of at least 4 members (excludes halogenated alkanes) is 1. The number of nitrogens with zero attached hydrogens (tertiary/aromatic N) is 8. The standard InChI is InChI=1S/C65H80N17O9P/c1-77(2)34-19-30-66-56(84)27-32-68-61(87)50-37-45(40-78(50)3)71-63(89)52-36-44(39-80(52)5)70-57(85)29-33-69-62(88)51-38-46(41-79(51)4)72-64(90)59-75-54(43-82(59)7)76-65(91)60-74-53(42-81(60)6)73-58(86)28-31-67-55(83)26-17-18-35-92(47-20-11-8-12-21-47,48-22-13-9-14-23-48)49-24-15-10-16-25-49/h8-16,20-25,36-43,92H,17-19,26-35H2,1-7H3,(H,66,84)(H,67,83)(H,68,87)(H,69,88)(H,70,85)(H,71,89)(H,72,90)(H,73,86)(H,76,91). The molecule has 9 N–H and O–H groups in total. The zero-order valence-corrected chi connectivity index (χ0v) is 53.7. The van der Waals surface area contributed by atoms with Crippen molar-refractivity contribution in [2.75, 3.05) is 79.6 Å². The van der Waals surface area contributed by atoms with Crippen LogP contribution in [-0.2, 0) is 54.4 Å². The van der Waals surface area contributed by atoms with E-state index < -0.39 is 48.6 Å². The summed E-state index contributed by atoms with van der Waals surface area (Å²) < 4.78 is 7.41. The van der Waals surface area contributed by atoms with Gasteiger partial charge in [0.15, 0.2) is 5.82 Å². The van der Waals surface area contributed by atoms with E-state index in [-0.39, 0.29) is 96.8 Å². The van der Waals surface area contributed by atoms with Gasteiger partial charge < -0.3 is 65.0 Å². The first-order valence-corrected chi connectivity index (χ1v) is 32.4. The molecule has 26 nitrogen and oxygen atoms in total. The number of benzene rings is 3. The third-order valence-corrected chi connectivity index (χ3v) is 20.3. The molecule has 27 heteroatoms. The van der Waals surface area contributed by atoms with Crippen molar-refractivity contribution in [1.82, 2.24) is 59.0 Å². The fourth-order valence-electron chi connectivity index (χ4n) is 10.7. The number of imidazole rings is 2. The van der Waals surface area contributed by atoms with Gasteiger partial charge in [-0.3, -0.25) is 33.6 Å². The normalized spacial score (nSPS) is 11.3. The molecule has 8 rings (SSSR count). The van der Waals surface area contributed by atoms with Crippen LogP contribution in [0.15, 0.2) is 140 Å². The molecular weight excluding hydrogens is 1190 g/mol. The van der Waals surface area contributed by atoms with Crippen molar-refractivity contribution >= 4 is 105 Å². The first-order valence-electron chi connectivity index (χ1n) is 30.2. The number of rotatable bonds is 31. The van der Waals surface area contributed by atoms with Gasteiger partial charge in [-0.25, -0.2) is 4.98 Å². The summed E-state index contributed by atoms with van der Waals surface area (Å²) in [5.74, 6) is -3.87. The topological polar surface area (TPSA) is 316 Å². The smallest absolute Gasteiger partial charge is 0.344 e. The van der Waals surface area contributed by atoms with Crippen molar-refractivity contribution in [1.29, 1.82) is 0 Å². The molecule has 9 amide bonds. The van der Waals surface area contributed by atoms with Gasteiger partial charge in [-0.15, -0.1) is 0 Å². The predicted octanol–water partition coefficient (Wildman–Crippen LogP) is 4.21. The van der Waals surface area contributed by atoms with Crippen LogP contribution < -0.4 is 63.8 Å². The molecule has 0 radical (unpaired) electrons. The maximum absolute atomic E-state index is 13.5. The monoisotopic (exact) mass is 1270 g/mol. The molecule has 5 aromatic heterocycles. The molecule has 0 saturated carbocycles. The molecule has 0 spiro atoms. The zero-order valence-electron chi connectivity index (χ0n) is 52.7. The summed E-state index contributed by atoms with van der Waals surface area (Å²) in [4.78, 5) is 128. The van der Waals surface area contributed by atoms with E-state index in [0.717, 1.165) is 25.5 Å². The SMILES string of the molecule is CN(C)CCCNC(=O)CCNC(=O)c1cc(NC(=O)c2cc(NC(=O)CCNC(=O)c3cc(NC(=O)c4nc(NC(=O)c5nc(NC(=O)CCNC(=O)CCCC[PH](c6ccccc6)(c6ccccc6)c6ccccc6)cn5C)cn4C)cn3C)cn2C)cn1C. The average molecular weight is 1270 g/mol. The molecule has 5 heterocycles. The van der Waals surface area contributed by atoms with Crippen molar-refractivity contribution in [2.45, 2.75) is 44.9 Å². The summed E-state index contributed by atoms with van der Waals surface area (Å²) in [5, 5.41) is 28.6. The Kier molecular flexibility index (Phi) is 23.3. The van der Waals surface area contributed by atoms with Crippen LogP contribution in [0, 0.1) is 0 Å². The maximum atomic E-state index is 13.5. The van der Waals surface area contributed by atoms with Gasteiger partial charge in [0, 0.05) is 92.5 Å². The van der Waals surface area contributed by atoms with Gasteiger partial charge in [-0.05, 0) is 45.3 Å². The van der Waals surface area contributed by atoms with Crippen LogP contribution in [0.3, 0.4) is 0 Å². The number of hydrogen-bond donors (Lipinski definition) is 9. The van der Waals surface area contributed by atoms with Gasteiger partial charge in [-0.1, -0.05) is 0 Å². The molecular formula is C65H80N17O9P. The second-order valence-electron chi connectivity index (χ2n) is 22.6. The minimum atomic E-state index is -2.42. The van der Waals surface area contributed by atoms with Crippen molar-refractivity contribution in [3.63, 3.8) is 0 Å². The van der Waals surface area contributed by atoms with E-state index in [1.54, 1.807) is 52.2 Å². The third-order valence-electron chi connectivity index (χ3n) is 15.2. The summed E-state index contributed by atoms with van der Waals surface area (Å²) in [7, 11) is 9.54. The van der Waals surface area contributed by atoms with Crippen molar-refractivity contribution < 1.29 is 43.2 Å². The summed E-state index contributed by atoms with van der Waals surface area (Å²) in [5.41, 5.74) is 1.62. The minimum absolute atomic E-state index is 0.0221. The Bertz CT molecular complexity index is 3830. The van der Waals surface area contributed by atoms with Crippen LogP contribution in [0.1, 0.15) is 97.6 Å². The number of aryl methyl sites for hydroxylation is 5. The van der Waals surface area contributed by atoms with Crippen LogP contribution in [0.2, 0.25) is 0 Å². The second-order valence-corrected chi connectivity index (χ2v) is 26.6. The first-order chi connectivity index (χ1) is 44.2. The van der Waals surface area contributed by atoms with E-state index in [2.05, 4.69) is 131 Å². The first kappa shape index (κ1) is 67.5. The van der Waals surface area contributed by atoms with Crippen LogP contribution in [0.4, 0.5) is 28.7 Å². The quantitative estimate of drug-likeness (QED) is 0.0218. The van der Waals surface area contributed by atoms with E-state index >= 15 is 0 Å². The number of carbonyl (C=O) groups excluding carboxylic acids is 9. The van der Waals surface area contributed by atoms with E-state index in [4.69, 9.17) is 0 Å². The molecule has 0 aliphatic heterocycles. The molecule has 8 aromatic rings. The van der Waals surface area contributed by atoms with E-state index in [1.165, 1.54) is 71.0 Å². The van der Waals surface area contributed by atoms with E-state index in [0.29, 0.717) is 30.8 Å². The predicted molar refractivity (Wildman–Crippen MR) is 357 cm³/mol. The molecule has 0 saturated heterocycles. The number of hydrogen-bond acceptors (Lipinski definition) is 12. The molecule has 0 aliphatic carbocycles. The second kappa shape index (κ2) is 31.8. The summed E-state index contributed by atoms with van der Waals surface area (Å²) >= 11 is 0. The Morgan fingerprint density at radius 3 is 1.27 bits per heavy atom. The van der Waals surface area contributed by atoms with Gasteiger partial charge in [0.1, 0.15) is 17.1 Å². The number of nitrogens with one attached hydrogen (secondary N) is 9. The van der Waals surface area contributed by atoms with Gasteiger partial charge in [0.05, 0.1) is 17.1 Å². The van der Waals surface area contributed by atoms with Crippen molar-refractivity contribution in [2.24, 2.45) is 35.2 Å². The third kappa shape index (κ3) is 18.1. The Morgan fingerprint density at radius 2 is 0.783 bits per heavy atom. The molecule has 0 unspecified atom stereocenters. The fraction of sp³-hybridized carbons (Fsp3) is 0.308. The Hall–Kier alpha value is -10.5. The summed E-state index contributed by atoms with van der Waals surface area (Å²) in [6, 6.07) is 36.4. The summed E-state index contributed by atoms with van der Waals surface area (Å²) in [6.45, 7) is 1.59. The van der Waals surface area contributed by atoms with Crippen molar-refractivity contribution in [3.05, 3.63) is 169 Å². The number of carbonyl (C=O) groups is 9. The van der Waals surface area contributed by atoms with E-state index in [1.807, 2.05) is 37.2 Å². The Morgan fingerprint density at radius 1 is 0.391 bits per heavy atom. The van der Waals surface area contributed by atoms with E-state index in [9.17, 15) is 43.2 Å². The molecule has 92 heavy (non-hydrogen) atoms. The van der Waals surface area contributed by atoms with Crippen LogP contribution in [0.25, 0.3) is 0 Å². The van der Waals surface area contributed by atoms with Crippen LogP contribution >= 0.6 is 7.26 Å². The number of anilines is 5. The minimum Gasteiger partial charge on any atom is -0.344 e. The number of amides is 9. The average Bonchev–Trinajstić information content (AvgIpc) is 0.935. The Balaban J connectivity index is 0.732. The van der Waals surface area contributed by atoms with Gasteiger partial charge in [0.25, 0.3) is 29.5 Å². The molecule has 3 aromatic carbocycles.